The minimum atomic E-state index is 0.345. The van der Waals surface area contributed by atoms with Crippen molar-refractivity contribution in [3.05, 3.63) is 11.6 Å². The lowest BCUT2D eigenvalue weighted by Crippen LogP contribution is -2.32. The van der Waals surface area contributed by atoms with Crippen molar-refractivity contribution in [1.29, 1.82) is 0 Å². The van der Waals surface area contributed by atoms with Crippen molar-refractivity contribution in [2.45, 2.75) is 39.8 Å². The summed E-state index contributed by atoms with van der Waals surface area (Å²) in [6.07, 6.45) is 1.03. The topological polar surface area (TPSA) is 42.7 Å². The molecule has 0 saturated heterocycles. The maximum absolute atomic E-state index is 4.26. The molecule has 1 N–H and O–H groups in total. The van der Waals surface area contributed by atoms with Crippen molar-refractivity contribution in [3.63, 3.8) is 0 Å². The number of aromatic nitrogens is 3. The molecule has 0 aromatic carbocycles. The fourth-order valence-electron chi connectivity index (χ4n) is 1.91. The summed E-state index contributed by atoms with van der Waals surface area (Å²) >= 11 is 0. The SMILES string of the molecule is CC(C)Cc1nnc2n1CCNC2C. The molecule has 0 spiro atoms. The fraction of sp³-hybridized carbons (Fsp3) is 0.800. The number of hydrogen-bond acceptors (Lipinski definition) is 3. The van der Waals surface area contributed by atoms with Gasteiger partial charge < -0.3 is 9.88 Å². The molecule has 1 aliphatic rings. The van der Waals surface area contributed by atoms with E-state index in [2.05, 4.69) is 40.9 Å². The summed E-state index contributed by atoms with van der Waals surface area (Å²) in [6, 6.07) is 0.345. The first-order chi connectivity index (χ1) is 6.68. The van der Waals surface area contributed by atoms with Crippen LogP contribution in [0, 0.1) is 5.92 Å². The van der Waals surface area contributed by atoms with Gasteiger partial charge in [0.25, 0.3) is 0 Å². The Morgan fingerprint density at radius 1 is 1.50 bits per heavy atom. The standard InChI is InChI=1S/C10H18N4/c1-7(2)6-9-12-13-10-8(3)11-4-5-14(9)10/h7-8,11H,4-6H2,1-3H3. The highest BCUT2D eigenvalue weighted by Gasteiger charge is 2.21. The van der Waals surface area contributed by atoms with Gasteiger partial charge in [-0.05, 0) is 12.8 Å². The molecule has 1 aliphatic heterocycles. The molecule has 1 aromatic rings. The van der Waals surface area contributed by atoms with Crippen LogP contribution in [0.1, 0.15) is 38.5 Å². The van der Waals surface area contributed by atoms with Gasteiger partial charge in [-0.15, -0.1) is 10.2 Å². The van der Waals surface area contributed by atoms with Crippen LogP contribution in [0.15, 0.2) is 0 Å². The Balaban J connectivity index is 2.26. The van der Waals surface area contributed by atoms with Gasteiger partial charge in [-0.3, -0.25) is 0 Å². The van der Waals surface area contributed by atoms with Crippen molar-refractivity contribution in [2.24, 2.45) is 5.92 Å². The van der Waals surface area contributed by atoms with Crippen LogP contribution in [0.25, 0.3) is 0 Å². The second-order valence-corrected chi connectivity index (χ2v) is 4.40. The second-order valence-electron chi connectivity index (χ2n) is 4.40. The number of rotatable bonds is 2. The summed E-state index contributed by atoms with van der Waals surface area (Å²) in [4.78, 5) is 0. The summed E-state index contributed by atoms with van der Waals surface area (Å²) in [5.74, 6) is 2.88. The Bertz CT molecular complexity index is 316. The molecule has 0 saturated carbocycles. The van der Waals surface area contributed by atoms with Crippen LogP contribution in [0.2, 0.25) is 0 Å². The first-order valence-corrected chi connectivity index (χ1v) is 5.34. The van der Waals surface area contributed by atoms with Crippen molar-refractivity contribution in [2.75, 3.05) is 6.54 Å². The number of hydrogen-bond donors (Lipinski definition) is 1. The molecule has 2 heterocycles. The van der Waals surface area contributed by atoms with E-state index in [9.17, 15) is 0 Å². The number of nitrogens with zero attached hydrogens (tertiary/aromatic N) is 3. The molecule has 1 aromatic heterocycles. The zero-order valence-electron chi connectivity index (χ0n) is 9.12. The molecule has 0 radical (unpaired) electrons. The zero-order chi connectivity index (χ0) is 10.1. The Morgan fingerprint density at radius 2 is 2.29 bits per heavy atom. The van der Waals surface area contributed by atoms with Crippen LogP contribution in [0.3, 0.4) is 0 Å². The van der Waals surface area contributed by atoms with E-state index in [0.29, 0.717) is 12.0 Å². The Morgan fingerprint density at radius 3 is 3.00 bits per heavy atom. The van der Waals surface area contributed by atoms with Crippen molar-refractivity contribution in [3.8, 4) is 0 Å². The van der Waals surface area contributed by atoms with Gasteiger partial charge in [0.1, 0.15) is 11.6 Å². The number of nitrogens with one attached hydrogen (secondary N) is 1. The van der Waals surface area contributed by atoms with E-state index >= 15 is 0 Å². The second kappa shape index (κ2) is 3.69. The van der Waals surface area contributed by atoms with Gasteiger partial charge in [0, 0.05) is 19.5 Å². The third-order valence-corrected chi connectivity index (χ3v) is 2.62. The largest absolute Gasteiger partial charge is 0.312 e. The number of fused-ring (bicyclic) bond motifs is 1. The summed E-state index contributed by atoms with van der Waals surface area (Å²) < 4.78 is 2.27. The van der Waals surface area contributed by atoms with Gasteiger partial charge in [-0.2, -0.15) is 0 Å². The molecule has 4 heteroatoms. The van der Waals surface area contributed by atoms with Gasteiger partial charge in [-0.1, -0.05) is 13.8 Å². The average molecular weight is 194 g/mol. The van der Waals surface area contributed by atoms with Gasteiger partial charge in [-0.25, -0.2) is 0 Å². The van der Waals surface area contributed by atoms with Crippen LogP contribution in [-0.2, 0) is 13.0 Å². The minimum Gasteiger partial charge on any atom is -0.312 e. The Hall–Kier alpha value is -0.900. The predicted molar refractivity (Wildman–Crippen MR) is 55.0 cm³/mol. The van der Waals surface area contributed by atoms with E-state index in [1.54, 1.807) is 0 Å². The van der Waals surface area contributed by atoms with E-state index in [1.165, 1.54) is 0 Å². The molecule has 0 fully saturated rings. The van der Waals surface area contributed by atoms with Crippen LogP contribution in [0.5, 0.6) is 0 Å². The predicted octanol–water partition coefficient (Wildman–Crippen LogP) is 1.14. The van der Waals surface area contributed by atoms with Crippen molar-refractivity contribution >= 4 is 0 Å². The average Bonchev–Trinajstić information content (AvgIpc) is 2.49. The van der Waals surface area contributed by atoms with E-state index in [4.69, 9.17) is 0 Å². The van der Waals surface area contributed by atoms with Crippen LogP contribution < -0.4 is 5.32 Å². The third-order valence-electron chi connectivity index (χ3n) is 2.62. The molecule has 0 amide bonds. The molecule has 1 atom stereocenters. The minimum absolute atomic E-state index is 0.345. The first kappa shape index (κ1) is 9.65. The molecule has 0 bridgehead atoms. The maximum atomic E-state index is 4.26. The molecule has 4 nitrogen and oxygen atoms in total. The van der Waals surface area contributed by atoms with Crippen molar-refractivity contribution in [1.82, 2.24) is 20.1 Å². The van der Waals surface area contributed by atoms with Crippen LogP contribution in [-0.4, -0.2) is 21.3 Å². The van der Waals surface area contributed by atoms with Gasteiger partial charge in [0.05, 0.1) is 6.04 Å². The lowest BCUT2D eigenvalue weighted by Gasteiger charge is -2.22. The highest BCUT2D eigenvalue weighted by atomic mass is 15.3. The van der Waals surface area contributed by atoms with Gasteiger partial charge in [0.15, 0.2) is 0 Å². The summed E-state index contributed by atoms with van der Waals surface area (Å²) in [7, 11) is 0. The fourth-order valence-corrected chi connectivity index (χ4v) is 1.91. The smallest absolute Gasteiger partial charge is 0.149 e. The molecule has 14 heavy (non-hydrogen) atoms. The molecule has 0 aliphatic carbocycles. The molecule has 78 valence electrons. The summed E-state index contributed by atoms with van der Waals surface area (Å²) in [6.45, 7) is 8.60. The monoisotopic (exact) mass is 194 g/mol. The van der Waals surface area contributed by atoms with Gasteiger partial charge >= 0.3 is 0 Å². The lowest BCUT2D eigenvalue weighted by molar-refractivity contribution is 0.424. The highest BCUT2D eigenvalue weighted by Crippen LogP contribution is 2.17. The van der Waals surface area contributed by atoms with Crippen LogP contribution in [0.4, 0.5) is 0 Å². The summed E-state index contributed by atoms with van der Waals surface area (Å²) in [5, 5.41) is 11.9. The van der Waals surface area contributed by atoms with Crippen molar-refractivity contribution < 1.29 is 0 Å². The van der Waals surface area contributed by atoms with E-state index in [1.807, 2.05) is 0 Å². The molecular formula is C10H18N4. The zero-order valence-corrected chi connectivity index (χ0v) is 9.12. The van der Waals surface area contributed by atoms with E-state index in [-0.39, 0.29) is 0 Å². The molecule has 1 unspecified atom stereocenters. The highest BCUT2D eigenvalue weighted by molar-refractivity contribution is 5.03. The normalized spacial score (nSPS) is 21.3. The van der Waals surface area contributed by atoms with E-state index in [0.717, 1.165) is 31.2 Å². The molecule has 2 rings (SSSR count). The maximum Gasteiger partial charge on any atom is 0.149 e. The quantitative estimate of drug-likeness (QED) is 0.767. The molecular weight excluding hydrogens is 176 g/mol. The Labute approximate surface area is 84.7 Å². The Kier molecular flexibility index (Phi) is 2.54. The summed E-state index contributed by atoms with van der Waals surface area (Å²) in [5.41, 5.74) is 0. The van der Waals surface area contributed by atoms with E-state index < -0.39 is 0 Å². The van der Waals surface area contributed by atoms with Crippen LogP contribution >= 0.6 is 0 Å². The third kappa shape index (κ3) is 1.66. The van der Waals surface area contributed by atoms with Gasteiger partial charge in [0.2, 0.25) is 0 Å². The first-order valence-electron chi connectivity index (χ1n) is 5.34. The lowest BCUT2D eigenvalue weighted by atomic mass is 10.1.